The first-order chi connectivity index (χ1) is 16.7. The van der Waals surface area contributed by atoms with Gasteiger partial charge in [-0.1, -0.05) is 23.7 Å². The third kappa shape index (κ3) is 4.76. The van der Waals surface area contributed by atoms with E-state index in [0.29, 0.717) is 28.4 Å². The first-order valence-corrected chi connectivity index (χ1v) is 12.4. The fourth-order valence-corrected chi connectivity index (χ4v) is 5.33. The molecule has 1 fully saturated rings. The van der Waals surface area contributed by atoms with Gasteiger partial charge in [0.25, 0.3) is 0 Å². The second-order valence-corrected chi connectivity index (χ2v) is 10.7. The van der Waals surface area contributed by atoms with Gasteiger partial charge in [0.15, 0.2) is 6.17 Å². The lowest BCUT2D eigenvalue weighted by atomic mass is 9.82. The highest BCUT2D eigenvalue weighted by Crippen LogP contribution is 2.39. The Bertz CT molecular complexity index is 1170. The number of aromatic nitrogens is 1. The Kier molecular flexibility index (Phi) is 6.25. The number of hydrogen-bond acceptors (Lipinski definition) is 7. The maximum Gasteiger partial charge on any atom is 0.355 e. The Hall–Kier alpha value is -3.00. The quantitative estimate of drug-likeness (QED) is 0.422. The van der Waals surface area contributed by atoms with E-state index >= 15 is 0 Å². The third-order valence-electron chi connectivity index (χ3n) is 6.73. The zero-order valence-electron chi connectivity index (χ0n) is 20.1. The molecule has 0 bridgehead atoms. The number of carbonyl (C=O) groups excluding carboxylic acids is 1. The van der Waals surface area contributed by atoms with Gasteiger partial charge in [-0.05, 0) is 70.9 Å². The van der Waals surface area contributed by atoms with Crippen LogP contribution in [0, 0.1) is 5.95 Å². The molecule has 0 N–H and O–H groups in total. The molecule has 0 radical (unpaired) electrons. The number of esters is 1. The van der Waals surface area contributed by atoms with Crippen molar-refractivity contribution < 1.29 is 13.9 Å². The molecule has 0 spiro atoms. The Labute approximate surface area is 209 Å². The van der Waals surface area contributed by atoms with Gasteiger partial charge in [0.1, 0.15) is 17.6 Å². The Morgan fingerprint density at radius 1 is 1.23 bits per heavy atom. The lowest BCUT2D eigenvalue weighted by molar-refractivity contribution is -0.151. The Balaban J connectivity index is 1.39. The molecule has 0 saturated heterocycles. The highest BCUT2D eigenvalue weighted by molar-refractivity contribution is 6.31. The molecule has 0 aromatic carbocycles. The molecule has 1 atom stereocenters. The van der Waals surface area contributed by atoms with Crippen molar-refractivity contribution in [2.24, 2.45) is 10.1 Å². The molecule has 184 valence electrons. The summed E-state index contributed by atoms with van der Waals surface area (Å²) in [5.41, 5.74) is 1.91. The number of fused-ring (bicyclic) bond motifs is 2. The minimum absolute atomic E-state index is 0.143. The average molecular weight is 498 g/mol. The Morgan fingerprint density at radius 3 is 2.71 bits per heavy atom. The van der Waals surface area contributed by atoms with Crippen LogP contribution in [-0.4, -0.2) is 51.2 Å². The summed E-state index contributed by atoms with van der Waals surface area (Å²) in [6.07, 6.45) is 12.1. The van der Waals surface area contributed by atoms with Crippen LogP contribution in [-0.2, 0) is 9.53 Å². The van der Waals surface area contributed by atoms with Crippen molar-refractivity contribution in [3.05, 3.63) is 64.0 Å². The zero-order chi connectivity index (χ0) is 24.7. The molecular formula is C26H29ClFN5O2. The monoisotopic (exact) mass is 497 g/mol. The smallest absolute Gasteiger partial charge is 0.355 e. The number of allylic oxidation sites excluding steroid dienone is 4. The van der Waals surface area contributed by atoms with Crippen molar-refractivity contribution in [3.8, 4) is 0 Å². The van der Waals surface area contributed by atoms with Crippen LogP contribution in [0.15, 0.2) is 62.6 Å². The summed E-state index contributed by atoms with van der Waals surface area (Å²) in [4.78, 5) is 23.8. The topological polar surface area (TPSA) is 70.4 Å². The number of hydrazone groups is 1. The van der Waals surface area contributed by atoms with Crippen LogP contribution in [0.4, 0.5) is 4.39 Å². The van der Waals surface area contributed by atoms with Crippen molar-refractivity contribution in [2.75, 3.05) is 0 Å². The number of pyridine rings is 1. The molecule has 0 amide bonds. The van der Waals surface area contributed by atoms with Crippen LogP contribution < -0.4 is 0 Å². The van der Waals surface area contributed by atoms with Gasteiger partial charge < -0.3 is 4.74 Å². The summed E-state index contributed by atoms with van der Waals surface area (Å²) >= 11 is 6.26. The van der Waals surface area contributed by atoms with Crippen LogP contribution in [0.2, 0.25) is 0 Å². The fourth-order valence-electron chi connectivity index (χ4n) is 5.15. The van der Waals surface area contributed by atoms with E-state index in [2.05, 4.69) is 4.98 Å². The van der Waals surface area contributed by atoms with Gasteiger partial charge in [-0.25, -0.2) is 9.78 Å². The minimum atomic E-state index is -0.643. The standard InChI is InChI=1S/C26H29ClFN5O2/c1-26(2,3)35-25(34)23-20-11-8-17(27)13-21(20)30-14-22-32(23)15-31-33(22)18-9-6-16(7-10-18)19-5-4-12-29-24(19)28/h4-5,8,12-16,18,22H,6-7,9-11H2,1-3H3. The number of rotatable bonds is 3. The molecule has 1 aromatic heterocycles. The molecule has 2 aliphatic carbocycles. The number of aliphatic imine (C=N–C) groups is 1. The molecule has 5 rings (SSSR count). The van der Waals surface area contributed by atoms with Crippen molar-refractivity contribution in [1.82, 2.24) is 14.9 Å². The molecule has 9 heteroatoms. The van der Waals surface area contributed by atoms with Crippen LogP contribution in [0.5, 0.6) is 0 Å². The van der Waals surface area contributed by atoms with Gasteiger partial charge in [0.2, 0.25) is 5.95 Å². The lowest BCUT2D eigenvalue weighted by Gasteiger charge is -2.37. The van der Waals surface area contributed by atoms with Crippen molar-refractivity contribution >= 4 is 30.1 Å². The molecule has 7 nitrogen and oxygen atoms in total. The van der Waals surface area contributed by atoms with Crippen LogP contribution >= 0.6 is 11.6 Å². The second-order valence-electron chi connectivity index (χ2n) is 10.3. The molecule has 1 unspecified atom stereocenters. The average Bonchev–Trinajstić information content (AvgIpc) is 3.14. The Morgan fingerprint density at radius 2 is 2.00 bits per heavy atom. The van der Waals surface area contributed by atoms with E-state index in [4.69, 9.17) is 26.4 Å². The summed E-state index contributed by atoms with van der Waals surface area (Å²) in [5, 5.41) is 7.30. The van der Waals surface area contributed by atoms with Crippen LogP contribution in [0.3, 0.4) is 0 Å². The van der Waals surface area contributed by atoms with Crippen molar-refractivity contribution in [2.45, 2.75) is 76.6 Å². The highest BCUT2D eigenvalue weighted by Gasteiger charge is 2.41. The van der Waals surface area contributed by atoms with Gasteiger partial charge in [0.05, 0.1) is 5.70 Å². The SMILES string of the molecule is CC(C)(C)OC(=O)C1=C2CC=C(Cl)C=C2N=CC2N1C=NN2C1CCC(c2cccnc2F)CC1. The maximum absolute atomic E-state index is 14.2. The number of carbonyl (C=O) groups is 1. The molecular weight excluding hydrogens is 469 g/mol. The predicted octanol–water partition coefficient (Wildman–Crippen LogP) is 5.22. The largest absolute Gasteiger partial charge is 0.455 e. The molecule has 1 aromatic rings. The molecule has 35 heavy (non-hydrogen) atoms. The van der Waals surface area contributed by atoms with Crippen LogP contribution in [0.1, 0.15) is 64.4 Å². The van der Waals surface area contributed by atoms with E-state index in [1.807, 2.05) is 49.0 Å². The van der Waals surface area contributed by atoms with E-state index in [1.165, 1.54) is 6.20 Å². The van der Waals surface area contributed by atoms with Crippen LogP contribution in [0.25, 0.3) is 0 Å². The highest BCUT2D eigenvalue weighted by atomic mass is 35.5. The van der Waals surface area contributed by atoms with E-state index < -0.39 is 11.6 Å². The number of nitrogens with zero attached hydrogens (tertiary/aromatic N) is 5. The molecule has 4 aliphatic rings. The van der Waals surface area contributed by atoms with E-state index in [0.717, 1.165) is 31.3 Å². The molecule has 2 aliphatic heterocycles. The van der Waals surface area contributed by atoms with Crippen molar-refractivity contribution in [3.63, 3.8) is 0 Å². The van der Waals surface area contributed by atoms with Gasteiger partial charge in [0, 0.05) is 34.6 Å². The summed E-state index contributed by atoms with van der Waals surface area (Å²) < 4.78 is 20.0. The first kappa shape index (κ1) is 23.7. The fraction of sp³-hybridized carbons (Fsp3) is 0.462. The summed E-state index contributed by atoms with van der Waals surface area (Å²) in [7, 11) is 0. The molecule has 1 saturated carbocycles. The maximum atomic E-state index is 14.2. The summed E-state index contributed by atoms with van der Waals surface area (Å²) in [5.74, 6) is -0.649. The van der Waals surface area contributed by atoms with Gasteiger partial charge in [-0.15, -0.1) is 0 Å². The summed E-state index contributed by atoms with van der Waals surface area (Å²) in [6, 6.07) is 3.76. The van der Waals surface area contributed by atoms with Gasteiger partial charge in [-0.2, -0.15) is 9.49 Å². The third-order valence-corrected chi connectivity index (χ3v) is 7.00. The van der Waals surface area contributed by atoms with E-state index in [1.54, 1.807) is 18.5 Å². The molecule has 3 heterocycles. The summed E-state index contributed by atoms with van der Waals surface area (Å²) in [6.45, 7) is 5.55. The minimum Gasteiger partial charge on any atom is -0.455 e. The van der Waals surface area contributed by atoms with E-state index in [9.17, 15) is 9.18 Å². The number of hydrogen-bond donors (Lipinski definition) is 0. The zero-order valence-corrected chi connectivity index (χ0v) is 20.9. The number of ether oxygens (including phenoxy) is 1. The first-order valence-electron chi connectivity index (χ1n) is 12.0. The second kappa shape index (κ2) is 9.22. The number of halogens is 2. The predicted molar refractivity (Wildman–Crippen MR) is 133 cm³/mol. The van der Waals surface area contributed by atoms with Crippen molar-refractivity contribution in [1.29, 1.82) is 0 Å². The van der Waals surface area contributed by atoms with E-state index in [-0.39, 0.29) is 24.1 Å². The lowest BCUT2D eigenvalue weighted by Crippen LogP contribution is -2.47. The van der Waals surface area contributed by atoms with Gasteiger partial charge >= 0.3 is 5.97 Å². The normalized spacial score (nSPS) is 26.1. The van der Waals surface area contributed by atoms with Gasteiger partial charge in [-0.3, -0.25) is 14.9 Å².